The van der Waals surface area contributed by atoms with Gasteiger partial charge in [-0.2, -0.15) is 0 Å². The van der Waals surface area contributed by atoms with Gasteiger partial charge in [0.1, 0.15) is 0 Å². The molecular weight excluding hydrogens is 352 g/mol. The molecule has 1 N–H and O–H groups in total. The summed E-state index contributed by atoms with van der Waals surface area (Å²) in [7, 11) is 1.80. The Morgan fingerprint density at radius 3 is 2.61 bits per heavy atom. The first-order valence-electron chi connectivity index (χ1n) is 10.4. The maximum Gasteiger partial charge on any atom is 0.253 e. The van der Waals surface area contributed by atoms with Gasteiger partial charge in [-0.15, -0.1) is 0 Å². The lowest BCUT2D eigenvalue weighted by molar-refractivity contribution is 0.0443. The highest BCUT2D eigenvalue weighted by atomic mass is 16.3. The molecule has 0 radical (unpaired) electrons. The minimum atomic E-state index is -0.582. The third-order valence-corrected chi connectivity index (χ3v) is 6.33. The molecule has 28 heavy (non-hydrogen) atoms. The van der Waals surface area contributed by atoms with Gasteiger partial charge in [-0.3, -0.25) is 9.69 Å². The molecule has 6 nitrogen and oxygen atoms in total. The molecule has 1 saturated heterocycles. The van der Waals surface area contributed by atoms with E-state index < -0.39 is 6.10 Å². The Labute approximate surface area is 166 Å². The standard InChI is InChI=1S/C22H30N4O2/c1-24(19-9-10-20(21(19)27)26-14-11-23-16-26)22(28)18-7-5-17(6-8-18)15-25-12-3-2-4-13-25/h5-8,11,14,16,19-21,27H,2-4,9-10,12-13,15H2,1H3/t19-,20-,21-/m1/s1. The van der Waals surface area contributed by atoms with E-state index >= 15 is 0 Å². The molecule has 0 spiro atoms. The minimum absolute atomic E-state index is 0.0188. The zero-order chi connectivity index (χ0) is 19.5. The summed E-state index contributed by atoms with van der Waals surface area (Å²) in [5.74, 6) is -0.0279. The molecule has 1 aromatic carbocycles. The fraction of sp³-hybridized carbons (Fsp3) is 0.545. The van der Waals surface area contributed by atoms with Crippen molar-refractivity contribution in [3.8, 4) is 0 Å². The molecule has 1 amide bonds. The second kappa shape index (κ2) is 8.45. The van der Waals surface area contributed by atoms with Crippen molar-refractivity contribution in [2.24, 2.45) is 0 Å². The number of carbonyl (C=O) groups excluding carboxylic acids is 1. The second-order valence-corrected chi connectivity index (χ2v) is 8.16. The Morgan fingerprint density at radius 1 is 1.18 bits per heavy atom. The van der Waals surface area contributed by atoms with E-state index in [1.807, 2.05) is 22.9 Å². The monoisotopic (exact) mass is 382 g/mol. The highest BCUT2D eigenvalue weighted by molar-refractivity contribution is 5.94. The van der Waals surface area contributed by atoms with Crippen LogP contribution in [-0.2, 0) is 6.54 Å². The van der Waals surface area contributed by atoms with E-state index in [4.69, 9.17) is 0 Å². The highest BCUT2D eigenvalue weighted by Gasteiger charge is 2.39. The molecule has 1 aromatic heterocycles. The van der Waals surface area contributed by atoms with Crippen molar-refractivity contribution in [1.82, 2.24) is 19.4 Å². The first kappa shape index (κ1) is 19.2. The molecule has 1 aliphatic heterocycles. The first-order valence-corrected chi connectivity index (χ1v) is 10.4. The van der Waals surface area contributed by atoms with E-state index in [-0.39, 0.29) is 18.0 Å². The van der Waals surface area contributed by atoms with Gasteiger partial charge in [0.05, 0.1) is 24.5 Å². The number of piperidine rings is 1. The summed E-state index contributed by atoms with van der Waals surface area (Å²) in [6, 6.07) is 7.78. The fourth-order valence-electron chi connectivity index (χ4n) is 4.64. The number of nitrogens with zero attached hydrogens (tertiary/aromatic N) is 4. The Kier molecular flexibility index (Phi) is 5.78. The normalized spacial score (nSPS) is 25.7. The lowest BCUT2D eigenvalue weighted by atomic mass is 10.1. The van der Waals surface area contributed by atoms with Gasteiger partial charge in [0.25, 0.3) is 5.91 Å². The number of hydrogen-bond acceptors (Lipinski definition) is 4. The molecule has 2 fully saturated rings. The van der Waals surface area contributed by atoms with Crippen LogP contribution in [0, 0.1) is 0 Å². The molecule has 2 aromatic rings. The van der Waals surface area contributed by atoms with Crippen molar-refractivity contribution >= 4 is 5.91 Å². The van der Waals surface area contributed by atoms with E-state index in [0.717, 1.165) is 19.4 Å². The zero-order valence-electron chi connectivity index (χ0n) is 16.6. The van der Waals surface area contributed by atoms with Crippen LogP contribution >= 0.6 is 0 Å². The molecule has 3 atom stereocenters. The van der Waals surface area contributed by atoms with Crippen LogP contribution in [0.25, 0.3) is 0 Å². The molecule has 1 saturated carbocycles. The SMILES string of the molecule is CN(C(=O)c1ccc(CN2CCCCC2)cc1)[C@@H]1CC[C@@H](n2ccnc2)[C@@H]1O. The largest absolute Gasteiger partial charge is 0.389 e. The Bertz CT molecular complexity index is 768. The Hall–Kier alpha value is -2.18. The van der Waals surface area contributed by atoms with Crippen LogP contribution in [0.3, 0.4) is 0 Å². The zero-order valence-corrected chi connectivity index (χ0v) is 16.6. The number of likely N-dealkylation sites (tertiary alicyclic amines) is 1. The summed E-state index contributed by atoms with van der Waals surface area (Å²) >= 11 is 0. The minimum Gasteiger partial charge on any atom is -0.389 e. The van der Waals surface area contributed by atoms with E-state index in [2.05, 4.69) is 22.0 Å². The van der Waals surface area contributed by atoms with Gasteiger partial charge in [-0.25, -0.2) is 4.98 Å². The number of amides is 1. The Balaban J connectivity index is 1.38. The molecule has 0 bridgehead atoms. The van der Waals surface area contributed by atoms with Crippen LogP contribution in [0.15, 0.2) is 43.0 Å². The molecule has 2 aliphatic rings. The maximum absolute atomic E-state index is 13.0. The number of hydrogen-bond donors (Lipinski definition) is 1. The summed E-state index contributed by atoms with van der Waals surface area (Å²) in [6.07, 6.45) is 10.3. The Morgan fingerprint density at radius 2 is 1.93 bits per heavy atom. The van der Waals surface area contributed by atoms with E-state index in [9.17, 15) is 9.90 Å². The quantitative estimate of drug-likeness (QED) is 0.864. The van der Waals surface area contributed by atoms with E-state index in [0.29, 0.717) is 5.56 Å². The van der Waals surface area contributed by atoms with Crippen molar-refractivity contribution in [2.45, 2.75) is 56.8 Å². The van der Waals surface area contributed by atoms with Gasteiger partial charge >= 0.3 is 0 Å². The summed E-state index contributed by atoms with van der Waals surface area (Å²) in [5, 5.41) is 10.8. The van der Waals surface area contributed by atoms with Crippen LogP contribution < -0.4 is 0 Å². The smallest absolute Gasteiger partial charge is 0.253 e. The average Bonchev–Trinajstić information content (AvgIpc) is 3.38. The topological polar surface area (TPSA) is 61.6 Å². The summed E-state index contributed by atoms with van der Waals surface area (Å²) in [4.78, 5) is 21.2. The van der Waals surface area contributed by atoms with Gasteiger partial charge in [0, 0.05) is 31.5 Å². The van der Waals surface area contributed by atoms with Gasteiger partial charge < -0.3 is 14.6 Å². The van der Waals surface area contributed by atoms with Crippen molar-refractivity contribution in [3.05, 3.63) is 54.1 Å². The molecule has 6 heteroatoms. The predicted octanol–water partition coefficient (Wildman–Crippen LogP) is 2.71. The molecule has 150 valence electrons. The number of imidazole rings is 1. The number of likely N-dealkylation sites (N-methyl/N-ethyl adjacent to an activating group) is 1. The van der Waals surface area contributed by atoms with Crippen LogP contribution in [0.2, 0.25) is 0 Å². The van der Waals surface area contributed by atoms with Crippen molar-refractivity contribution in [1.29, 1.82) is 0 Å². The average molecular weight is 383 g/mol. The molecule has 4 rings (SSSR count). The van der Waals surface area contributed by atoms with E-state index in [1.54, 1.807) is 24.5 Å². The molecule has 2 heterocycles. The van der Waals surface area contributed by atoms with Gasteiger partial charge in [-0.1, -0.05) is 18.6 Å². The van der Waals surface area contributed by atoms with E-state index in [1.165, 1.54) is 37.9 Å². The lowest BCUT2D eigenvalue weighted by Crippen LogP contribution is -2.43. The van der Waals surface area contributed by atoms with Gasteiger partial charge in [0.15, 0.2) is 0 Å². The third kappa shape index (κ3) is 3.98. The number of rotatable bonds is 5. The molecular formula is C22H30N4O2. The number of aliphatic hydroxyl groups is 1. The number of benzene rings is 1. The van der Waals surface area contributed by atoms with Crippen molar-refractivity contribution in [2.75, 3.05) is 20.1 Å². The third-order valence-electron chi connectivity index (χ3n) is 6.33. The number of aromatic nitrogens is 2. The van der Waals surface area contributed by atoms with Crippen molar-refractivity contribution < 1.29 is 9.90 Å². The second-order valence-electron chi connectivity index (χ2n) is 8.16. The highest BCUT2D eigenvalue weighted by Crippen LogP contribution is 2.33. The number of aliphatic hydroxyl groups excluding tert-OH is 1. The fourth-order valence-corrected chi connectivity index (χ4v) is 4.64. The summed E-state index contributed by atoms with van der Waals surface area (Å²) in [5.41, 5.74) is 1.94. The van der Waals surface area contributed by atoms with Crippen LogP contribution in [-0.4, -0.2) is 62.6 Å². The van der Waals surface area contributed by atoms with Crippen molar-refractivity contribution in [3.63, 3.8) is 0 Å². The van der Waals surface area contributed by atoms with Crippen LogP contribution in [0.4, 0.5) is 0 Å². The molecule has 1 aliphatic carbocycles. The first-order chi connectivity index (χ1) is 13.6. The maximum atomic E-state index is 13.0. The molecule has 0 unspecified atom stereocenters. The predicted molar refractivity (Wildman–Crippen MR) is 108 cm³/mol. The van der Waals surface area contributed by atoms with Gasteiger partial charge in [-0.05, 0) is 56.5 Å². The summed E-state index contributed by atoms with van der Waals surface area (Å²) < 4.78 is 1.94. The van der Waals surface area contributed by atoms with Crippen LogP contribution in [0.5, 0.6) is 0 Å². The van der Waals surface area contributed by atoms with Gasteiger partial charge in [0.2, 0.25) is 0 Å². The number of carbonyl (C=O) groups is 1. The van der Waals surface area contributed by atoms with Crippen LogP contribution in [0.1, 0.15) is 54.1 Å². The lowest BCUT2D eigenvalue weighted by Gasteiger charge is -2.29. The summed E-state index contributed by atoms with van der Waals surface area (Å²) in [6.45, 7) is 3.29.